The molecule has 0 unspecified atom stereocenters. The number of nitrogens with one attached hydrogen (secondary N) is 1. The molecule has 20 heavy (non-hydrogen) atoms. The summed E-state index contributed by atoms with van der Waals surface area (Å²) in [4.78, 5) is 1.98. The molecule has 8 heteroatoms. The maximum Gasteiger partial charge on any atom is 0.139 e. The summed E-state index contributed by atoms with van der Waals surface area (Å²) in [6.07, 6.45) is 0. The van der Waals surface area contributed by atoms with Crippen LogP contribution in [0, 0.1) is 0 Å². The molecule has 0 aromatic heterocycles. The number of halogens is 5. The van der Waals surface area contributed by atoms with E-state index in [1.807, 2.05) is 4.90 Å². The second-order valence-corrected chi connectivity index (χ2v) is 5.13. The van der Waals surface area contributed by atoms with Crippen LogP contribution in [0.4, 0.5) is 4.39 Å². The van der Waals surface area contributed by atoms with E-state index in [2.05, 4.69) is 5.32 Å². The predicted octanol–water partition coefficient (Wildman–Crippen LogP) is 3.46. The summed E-state index contributed by atoms with van der Waals surface area (Å²) in [7, 11) is 0. The number of hydrogen-bond donors (Lipinski definition) is 2. The van der Waals surface area contributed by atoms with Crippen molar-refractivity contribution in [3.05, 3.63) is 27.7 Å². The first-order chi connectivity index (χ1) is 8.63. The second-order valence-electron chi connectivity index (χ2n) is 4.28. The molecule has 1 aliphatic heterocycles. The van der Waals surface area contributed by atoms with Crippen molar-refractivity contribution in [3.8, 4) is 5.75 Å². The molecule has 3 nitrogen and oxygen atoms in total. The molecule has 1 aliphatic rings. The quantitative estimate of drug-likeness (QED) is 0.860. The zero-order valence-corrected chi connectivity index (χ0v) is 13.8. The van der Waals surface area contributed by atoms with E-state index in [-0.39, 0.29) is 35.6 Å². The molecule has 0 spiro atoms. The smallest absolute Gasteiger partial charge is 0.139 e. The van der Waals surface area contributed by atoms with Gasteiger partial charge < -0.3 is 10.4 Å². The first-order valence-corrected chi connectivity index (χ1v) is 6.57. The van der Waals surface area contributed by atoms with Gasteiger partial charge in [-0.2, -0.15) is 0 Å². The van der Waals surface area contributed by atoms with Crippen LogP contribution in [0.15, 0.2) is 12.1 Å². The van der Waals surface area contributed by atoms with E-state index in [1.54, 1.807) is 6.07 Å². The molecule has 0 amide bonds. The number of rotatable bonds is 3. The molecule has 1 atom stereocenters. The number of benzene rings is 1. The van der Waals surface area contributed by atoms with Gasteiger partial charge in [-0.05, 0) is 12.1 Å². The van der Waals surface area contributed by atoms with Crippen LogP contribution in [0.25, 0.3) is 0 Å². The van der Waals surface area contributed by atoms with Crippen molar-refractivity contribution in [2.24, 2.45) is 0 Å². The summed E-state index contributed by atoms with van der Waals surface area (Å²) in [5.74, 6) is -0.0813. The van der Waals surface area contributed by atoms with Crippen LogP contribution in [0.5, 0.6) is 5.75 Å². The van der Waals surface area contributed by atoms with E-state index in [1.165, 1.54) is 6.07 Å². The molecule has 0 bridgehead atoms. The first kappa shape index (κ1) is 20.0. The van der Waals surface area contributed by atoms with Crippen LogP contribution in [0.1, 0.15) is 11.6 Å². The van der Waals surface area contributed by atoms with Crippen LogP contribution in [0.3, 0.4) is 0 Å². The van der Waals surface area contributed by atoms with Crippen molar-refractivity contribution in [1.29, 1.82) is 0 Å². The molecule has 1 aromatic rings. The minimum absolute atomic E-state index is 0. The Hall–Kier alpha value is 0.0300. The summed E-state index contributed by atoms with van der Waals surface area (Å²) in [5, 5.41) is 13.7. The van der Waals surface area contributed by atoms with Crippen molar-refractivity contribution in [1.82, 2.24) is 10.2 Å². The molecule has 1 aromatic carbocycles. The fraction of sp³-hybridized carbons (Fsp3) is 0.500. The Morgan fingerprint density at radius 2 is 1.85 bits per heavy atom. The Morgan fingerprint density at radius 1 is 1.25 bits per heavy atom. The molecule has 0 radical (unpaired) electrons. The van der Waals surface area contributed by atoms with Crippen LogP contribution in [-0.4, -0.2) is 42.9 Å². The molecule has 1 saturated heterocycles. The van der Waals surface area contributed by atoms with Crippen molar-refractivity contribution in [3.63, 3.8) is 0 Å². The SMILES string of the molecule is Cl.Cl.Oc1c(Cl)cc(Cl)cc1[C@@H](CF)N1CCNCC1. The Labute approximate surface area is 140 Å². The van der Waals surface area contributed by atoms with Crippen LogP contribution < -0.4 is 5.32 Å². The highest BCUT2D eigenvalue weighted by Crippen LogP contribution is 2.37. The van der Waals surface area contributed by atoms with E-state index in [0.29, 0.717) is 10.6 Å². The van der Waals surface area contributed by atoms with Gasteiger partial charge in [0.1, 0.15) is 12.4 Å². The number of phenols is 1. The van der Waals surface area contributed by atoms with Crippen LogP contribution >= 0.6 is 48.0 Å². The minimum atomic E-state index is -0.579. The van der Waals surface area contributed by atoms with E-state index >= 15 is 0 Å². The van der Waals surface area contributed by atoms with Crippen LogP contribution in [0.2, 0.25) is 10.0 Å². The average molecular weight is 366 g/mol. The summed E-state index contributed by atoms with van der Waals surface area (Å²) in [6.45, 7) is 2.51. The van der Waals surface area contributed by atoms with Gasteiger partial charge in [0.05, 0.1) is 11.1 Å². The van der Waals surface area contributed by atoms with Crippen molar-refractivity contribution in [2.75, 3.05) is 32.9 Å². The minimum Gasteiger partial charge on any atom is -0.506 e. The maximum atomic E-state index is 13.3. The number of phenolic OH excluding ortho intramolecular Hbond substituents is 1. The highest BCUT2D eigenvalue weighted by Gasteiger charge is 2.25. The Morgan fingerprint density at radius 3 is 2.40 bits per heavy atom. The lowest BCUT2D eigenvalue weighted by molar-refractivity contribution is 0.145. The summed E-state index contributed by atoms with van der Waals surface area (Å²) in [5.41, 5.74) is 0.455. The Bertz CT molecular complexity index is 430. The van der Waals surface area contributed by atoms with Gasteiger partial charge in [0.25, 0.3) is 0 Å². The first-order valence-electron chi connectivity index (χ1n) is 5.82. The Kier molecular flexibility index (Phi) is 9.14. The van der Waals surface area contributed by atoms with Crippen molar-refractivity contribution < 1.29 is 9.50 Å². The molecule has 2 N–H and O–H groups in total. The molecule has 2 rings (SSSR count). The predicted molar refractivity (Wildman–Crippen MR) is 85.8 cm³/mol. The van der Waals surface area contributed by atoms with Gasteiger partial charge >= 0.3 is 0 Å². The second kappa shape index (κ2) is 9.13. The normalized spacial score (nSPS) is 16.9. The molecule has 1 fully saturated rings. The standard InChI is InChI=1S/C12H15Cl2FN2O.2ClH/c13-8-5-9(12(18)10(14)6-8)11(7-15)17-3-1-16-2-4-17;;/h5-6,11,16,18H,1-4,7H2;2*1H/t11-;;/m1../s1. The third-order valence-electron chi connectivity index (χ3n) is 3.16. The van der Waals surface area contributed by atoms with Gasteiger partial charge in [-0.15, -0.1) is 24.8 Å². The van der Waals surface area contributed by atoms with Gasteiger partial charge in [-0.3, -0.25) is 4.90 Å². The lowest BCUT2D eigenvalue weighted by Gasteiger charge is -2.34. The van der Waals surface area contributed by atoms with E-state index in [0.717, 1.165) is 26.2 Å². The molecule has 0 saturated carbocycles. The topological polar surface area (TPSA) is 35.5 Å². The van der Waals surface area contributed by atoms with Gasteiger partial charge in [0, 0.05) is 36.8 Å². The molecule has 116 valence electrons. The maximum absolute atomic E-state index is 13.3. The Balaban J connectivity index is 0.00000180. The van der Waals surface area contributed by atoms with Gasteiger partial charge in [0.15, 0.2) is 0 Å². The van der Waals surface area contributed by atoms with Gasteiger partial charge in [-0.1, -0.05) is 23.2 Å². The number of hydrogen-bond acceptors (Lipinski definition) is 3. The molecule has 1 heterocycles. The van der Waals surface area contributed by atoms with E-state index in [4.69, 9.17) is 23.2 Å². The lowest BCUT2D eigenvalue weighted by Crippen LogP contribution is -2.45. The zero-order valence-electron chi connectivity index (χ0n) is 10.6. The van der Waals surface area contributed by atoms with E-state index in [9.17, 15) is 9.50 Å². The van der Waals surface area contributed by atoms with Crippen molar-refractivity contribution >= 4 is 48.0 Å². The number of aromatic hydroxyl groups is 1. The van der Waals surface area contributed by atoms with Gasteiger partial charge in [-0.25, -0.2) is 4.39 Å². The van der Waals surface area contributed by atoms with Crippen LogP contribution in [-0.2, 0) is 0 Å². The summed E-state index contributed by atoms with van der Waals surface area (Å²) in [6, 6.07) is 2.53. The highest BCUT2D eigenvalue weighted by atomic mass is 35.5. The largest absolute Gasteiger partial charge is 0.506 e. The fourth-order valence-electron chi connectivity index (χ4n) is 2.21. The molecule has 0 aliphatic carbocycles. The monoisotopic (exact) mass is 364 g/mol. The van der Waals surface area contributed by atoms with Crippen molar-refractivity contribution in [2.45, 2.75) is 6.04 Å². The zero-order chi connectivity index (χ0) is 13.1. The summed E-state index contributed by atoms with van der Waals surface area (Å²) < 4.78 is 13.3. The van der Waals surface area contributed by atoms with E-state index < -0.39 is 12.7 Å². The third kappa shape index (κ3) is 4.52. The third-order valence-corrected chi connectivity index (χ3v) is 3.66. The summed E-state index contributed by atoms with van der Waals surface area (Å²) >= 11 is 11.8. The number of alkyl halides is 1. The average Bonchev–Trinajstić information content (AvgIpc) is 2.37. The fourth-order valence-corrected chi connectivity index (χ4v) is 2.72. The highest BCUT2D eigenvalue weighted by molar-refractivity contribution is 6.35. The van der Waals surface area contributed by atoms with Gasteiger partial charge in [0.2, 0.25) is 0 Å². The number of nitrogens with zero attached hydrogens (tertiary/aromatic N) is 1. The molecular formula is C12H17Cl4FN2O. The molecular weight excluding hydrogens is 349 g/mol. The number of piperazine rings is 1. The lowest BCUT2D eigenvalue weighted by atomic mass is 10.0.